The van der Waals surface area contributed by atoms with E-state index in [1.807, 2.05) is 30.3 Å². The fraction of sp³-hybridized carbons (Fsp3) is 0.0714. The third-order valence-corrected chi connectivity index (χ3v) is 2.84. The number of imidazole rings is 1. The second-order valence-electron chi connectivity index (χ2n) is 3.99. The highest BCUT2D eigenvalue weighted by Gasteiger charge is 2.11. The van der Waals surface area contributed by atoms with Crippen molar-refractivity contribution in [2.75, 3.05) is 0 Å². The zero-order valence-corrected chi connectivity index (χ0v) is 9.55. The molecule has 0 saturated carbocycles. The minimum atomic E-state index is -0.316. The van der Waals surface area contributed by atoms with E-state index in [1.54, 1.807) is 10.6 Å². The van der Waals surface area contributed by atoms with Crippen molar-refractivity contribution in [1.82, 2.24) is 9.55 Å². The van der Waals surface area contributed by atoms with Gasteiger partial charge in [-0.05, 0) is 24.3 Å². The average molecular weight is 242 g/mol. The number of rotatable bonds is 2. The maximum Gasteiger partial charge on any atom is 0.140 e. The molecule has 3 rings (SSSR count). The quantitative estimate of drug-likeness (QED) is 0.750. The maximum absolute atomic E-state index is 13.3. The van der Waals surface area contributed by atoms with E-state index in [0.717, 1.165) is 5.69 Å². The molecule has 0 amide bonds. The number of benzene rings is 2. The standard InChI is InChI=1S/C14H11FN2O/c15-10-6-7-12-13(8-10)17(14(9-18)16-12)11-4-2-1-3-5-11/h1-8,18H,9H2. The lowest BCUT2D eigenvalue weighted by Crippen LogP contribution is -2.00. The van der Waals surface area contributed by atoms with Crippen molar-refractivity contribution in [3.8, 4) is 5.69 Å². The van der Waals surface area contributed by atoms with Gasteiger partial charge in [-0.2, -0.15) is 0 Å². The summed E-state index contributed by atoms with van der Waals surface area (Å²) in [5.41, 5.74) is 2.18. The molecule has 4 heteroatoms. The van der Waals surface area contributed by atoms with Gasteiger partial charge in [-0.25, -0.2) is 9.37 Å². The summed E-state index contributed by atoms with van der Waals surface area (Å²) < 4.78 is 15.1. The van der Waals surface area contributed by atoms with E-state index in [2.05, 4.69) is 4.98 Å². The summed E-state index contributed by atoms with van der Waals surface area (Å²) in [7, 11) is 0. The molecule has 1 N–H and O–H groups in total. The average Bonchev–Trinajstić information content (AvgIpc) is 2.77. The SMILES string of the molecule is OCc1nc2ccc(F)cc2n1-c1ccccc1. The van der Waals surface area contributed by atoms with Crippen molar-refractivity contribution >= 4 is 11.0 Å². The van der Waals surface area contributed by atoms with E-state index in [0.29, 0.717) is 16.9 Å². The predicted octanol–water partition coefficient (Wildman–Crippen LogP) is 2.66. The summed E-state index contributed by atoms with van der Waals surface area (Å²) in [6.07, 6.45) is 0. The van der Waals surface area contributed by atoms with E-state index in [1.165, 1.54) is 12.1 Å². The zero-order valence-electron chi connectivity index (χ0n) is 9.55. The lowest BCUT2D eigenvalue weighted by atomic mass is 10.2. The van der Waals surface area contributed by atoms with Crippen LogP contribution in [0, 0.1) is 5.82 Å². The van der Waals surface area contributed by atoms with Crippen LogP contribution in [0.4, 0.5) is 4.39 Å². The largest absolute Gasteiger partial charge is 0.388 e. The summed E-state index contributed by atoms with van der Waals surface area (Å²) in [6, 6.07) is 13.9. The summed E-state index contributed by atoms with van der Waals surface area (Å²) in [4.78, 5) is 4.29. The lowest BCUT2D eigenvalue weighted by molar-refractivity contribution is 0.270. The Balaban J connectivity index is 2.35. The summed E-state index contributed by atoms with van der Waals surface area (Å²) in [6.45, 7) is -0.189. The first-order valence-electron chi connectivity index (χ1n) is 5.63. The Labute approximate surface area is 103 Å². The van der Waals surface area contributed by atoms with Crippen LogP contribution in [0.5, 0.6) is 0 Å². The molecule has 3 nitrogen and oxygen atoms in total. The Morgan fingerprint density at radius 1 is 1.11 bits per heavy atom. The van der Waals surface area contributed by atoms with Gasteiger partial charge in [0.1, 0.15) is 18.2 Å². The molecule has 0 bridgehead atoms. The first-order chi connectivity index (χ1) is 8.79. The Kier molecular flexibility index (Phi) is 2.57. The Hall–Kier alpha value is -2.20. The topological polar surface area (TPSA) is 38.1 Å². The molecule has 0 aliphatic heterocycles. The van der Waals surface area contributed by atoms with Gasteiger partial charge in [-0.1, -0.05) is 18.2 Å². The minimum Gasteiger partial charge on any atom is -0.388 e. The van der Waals surface area contributed by atoms with Crippen molar-refractivity contribution < 1.29 is 9.50 Å². The summed E-state index contributed by atoms with van der Waals surface area (Å²) >= 11 is 0. The van der Waals surface area contributed by atoms with E-state index < -0.39 is 0 Å². The zero-order chi connectivity index (χ0) is 12.5. The molecule has 0 atom stereocenters. The number of nitrogens with zero attached hydrogens (tertiary/aromatic N) is 2. The molecule has 2 aromatic carbocycles. The van der Waals surface area contributed by atoms with Crippen molar-refractivity contribution in [2.45, 2.75) is 6.61 Å². The van der Waals surface area contributed by atoms with Crippen LogP contribution in [0.1, 0.15) is 5.82 Å². The van der Waals surface area contributed by atoms with Gasteiger partial charge in [-0.15, -0.1) is 0 Å². The molecule has 0 aliphatic rings. The van der Waals surface area contributed by atoms with Crippen LogP contribution in [0.25, 0.3) is 16.7 Å². The molecular formula is C14H11FN2O. The van der Waals surface area contributed by atoms with Gasteiger partial charge in [0.25, 0.3) is 0 Å². The summed E-state index contributed by atoms with van der Waals surface area (Å²) in [5.74, 6) is 0.186. The van der Waals surface area contributed by atoms with Crippen LogP contribution in [0.15, 0.2) is 48.5 Å². The highest BCUT2D eigenvalue weighted by Crippen LogP contribution is 2.22. The molecule has 0 spiro atoms. The van der Waals surface area contributed by atoms with E-state index in [9.17, 15) is 9.50 Å². The number of aliphatic hydroxyl groups excluding tert-OH is 1. The second kappa shape index (κ2) is 4.23. The van der Waals surface area contributed by atoms with Crippen molar-refractivity contribution in [3.05, 3.63) is 60.2 Å². The third-order valence-electron chi connectivity index (χ3n) is 2.84. The van der Waals surface area contributed by atoms with Crippen LogP contribution in [-0.2, 0) is 6.61 Å². The van der Waals surface area contributed by atoms with E-state index in [4.69, 9.17) is 0 Å². The number of aliphatic hydroxyl groups is 1. The van der Waals surface area contributed by atoms with Gasteiger partial charge in [0.2, 0.25) is 0 Å². The third kappa shape index (κ3) is 1.67. The van der Waals surface area contributed by atoms with Crippen molar-refractivity contribution in [2.24, 2.45) is 0 Å². The van der Waals surface area contributed by atoms with Crippen LogP contribution in [-0.4, -0.2) is 14.7 Å². The number of fused-ring (bicyclic) bond motifs is 1. The van der Waals surface area contributed by atoms with Crippen LogP contribution in [0.3, 0.4) is 0 Å². The Bertz CT molecular complexity index is 692. The molecule has 0 fully saturated rings. The molecule has 0 aliphatic carbocycles. The minimum absolute atomic E-state index is 0.189. The highest BCUT2D eigenvalue weighted by atomic mass is 19.1. The fourth-order valence-corrected chi connectivity index (χ4v) is 2.07. The molecule has 0 unspecified atom stereocenters. The molecule has 18 heavy (non-hydrogen) atoms. The molecule has 1 aromatic heterocycles. The van der Waals surface area contributed by atoms with E-state index >= 15 is 0 Å². The number of aromatic nitrogens is 2. The van der Waals surface area contributed by atoms with Crippen LogP contribution in [0.2, 0.25) is 0 Å². The Morgan fingerprint density at radius 3 is 2.61 bits per heavy atom. The van der Waals surface area contributed by atoms with Gasteiger partial charge < -0.3 is 5.11 Å². The Morgan fingerprint density at radius 2 is 1.89 bits per heavy atom. The number of para-hydroxylation sites is 1. The van der Waals surface area contributed by atoms with Crippen LogP contribution < -0.4 is 0 Å². The molecule has 90 valence electrons. The lowest BCUT2D eigenvalue weighted by Gasteiger charge is -2.07. The normalized spacial score (nSPS) is 11.0. The molecule has 1 heterocycles. The second-order valence-corrected chi connectivity index (χ2v) is 3.99. The smallest absolute Gasteiger partial charge is 0.140 e. The van der Waals surface area contributed by atoms with Crippen molar-refractivity contribution in [3.63, 3.8) is 0 Å². The molecule has 0 radical (unpaired) electrons. The van der Waals surface area contributed by atoms with Crippen LogP contribution >= 0.6 is 0 Å². The molecular weight excluding hydrogens is 231 g/mol. The highest BCUT2D eigenvalue weighted by molar-refractivity contribution is 5.78. The molecule has 3 aromatic rings. The van der Waals surface area contributed by atoms with E-state index in [-0.39, 0.29) is 12.4 Å². The first kappa shape index (κ1) is 10.9. The van der Waals surface area contributed by atoms with Gasteiger partial charge in [0.15, 0.2) is 0 Å². The van der Waals surface area contributed by atoms with Crippen molar-refractivity contribution in [1.29, 1.82) is 0 Å². The number of halogens is 1. The predicted molar refractivity (Wildman–Crippen MR) is 67.0 cm³/mol. The summed E-state index contributed by atoms with van der Waals surface area (Å²) in [5, 5.41) is 9.37. The van der Waals surface area contributed by atoms with Gasteiger partial charge in [0, 0.05) is 11.8 Å². The monoisotopic (exact) mass is 242 g/mol. The fourth-order valence-electron chi connectivity index (χ4n) is 2.07. The van der Waals surface area contributed by atoms with Gasteiger partial charge >= 0.3 is 0 Å². The van der Waals surface area contributed by atoms with Gasteiger partial charge in [-0.3, -0.25) is 4.57 Å². The maximum atomic E-state index is 13.3. The van der Waals surface area contributed by atoms with Gasteiger partial charge in [0.05, 0.1) is 11.0 Å². The molecule has 0 saturated heterocycles. The first-order valence-corrected chi connectivity index (χ1v) is 5.63. The number of hydrogen-bond donors (Lipinski definition) is 1. The number of hydrogen-bond acceptors (Lipinski definition) is 2.